The zero-order valence-corrected chi connectivity index (χ0v) is 9.14. The summed E-state index contributed by atoms with van der Waals surface area (Å²) in [6.07, 6.45) is 1.16. The molecule has 0 aromatic rings. The van der Waals surface area contributed by atoms with Crippen molar-refractivity contribution in [2.24, 2.45) is 5.92 Å². The van der Waals surface area contributed by atoms with E-state index < -0.39 is 5.92 Å². The Morgan fingerprint density at radius 2 is 2.06 bits per heavy atom. The molecular formula is C11H16F2N2O. The Labute approximate surface area is 93.8 Å². The van der Waals surface area contributed by atoms with Crippen LogP contribution in [-0.4, -0.2) is 18.4 Å². The summed E-state index contributed by atoms with van der Waals surface area (Å²) < 4.78 is 25.7. The standard InChI is InChI=1S/C11H16F2N2O/c12-11(13)5-3-9(4-6-11)10(16)15-8-2-1-7-14/h9H,1-6,8H2,(H,15,16). The predicted molar refractivity (Wildman–Crippen MR) is 54.8 cm³/mol. The maximum absolute atomic E-state index is 12.8. The van der Waals surface area contributed by atoms with Gasteiger partial charge < -0.3 is 5.32 Å². The summed E-state index contributed by atoms with van der Waals surface area (Å²) in [5.41, 5.74) is 0. The first-order chi connectivity index (χ1) is 7.55. The van der Waals surface area contributed by atoms with Crippen LogP contribution in [0.4, 0.5) is 8.78 Å². The maximum atomic E-state index is 12.8. The maximum Gasteiger partial charge on any atom is 0.248 e. The van der Waals surface area contributed by atoms with Gasteiger partial charge >= 0.3 is 0 Å². The summed E-state index contributed by atoms with van der Waals surface area (Å²) >= 11 is 0. The van der Waals surface area contributed by atoms with E-state index in [4.69, 9.17) is 5.26 Å². The fraction of sp³-hybridized carbons (Fsp3) is 0.818. The summed E-state index contributed by atoms with van der Waals surface area (Å²) in [6.45, 7) is 0.458. The number of halogens is 2. The average Bonchev–Trinajstić information content (AvgIpc) is 2.24. The Bertz CT molecular complexity index is 276. The molecule has 1 N–H and O–H groups in total. The van der Waals surface area contributed by atoms with Gasteiger partial charge in [0.15, 0.2) is 0 Å². The summed E-state index contributed by atoms with van der Waals surface area (Å²) in [7, 11) is 0. The molecular weight excluding hydrogens is 214 g/mol. The van der Waals surface area contributed by atoms with Gasteiger partial charge in [-0.3, -0.25) is 4.79 Å². The molecule has 0 unspecified atom stereocenters. The molecule has 3 nitrogen and oxygen atoms in total. The molecule has 1 aliphatic rings. The first-order valence-electron chi connectivity index (χ1n) is 5.58. The van der Waals surface area contributed by atoms with Crippen LogP contribution in [0.1, 0.15) is 38.5 Å². The van der Waals surface area contributed by atoms with E-state index in [1.807, 2.05) is 6.07 Å². The lowest BCUT2D eigenvalue weighted by atomic mass is 9.86. The first kappa shape index (κ1) is 12.9. The molecule has 0 bridgehead atoms. The summed E-state index contributed by atoms with van der Waals surface area (Å²) in [4.78, 5) is 11.5. The zero-order chi connectivity index (χ0) is 12.0. The van der Waals surface area contributed by atoms with E-state index in [0.717, 1.165) is 0 Å². The van der Waals surface area contributed by atoms with Gasteiger partial charge in [0.05, 0.1) is 6.07 Å². The van der Waals surface area contributed by atoms with Gasteiger partial charge in [0.25, 0.3) is 0 Å². The fourth-order valence-electron chi connectivity index (χ4n) is 1.83. The van der Waals surface area contributed by atoms with E-state index in [2.05, 4.69) is 5.32 Å². The minimum atomic E-state index is -2.59. The first-order valence-corrected chi connectivity index (χ1v) is 5.58. The van der Waals surface area contributed by atoms with E-state index in [1.54, 1.807) is 0 Å². The fourth-order valence-corrected chi connectivity index (χ4v) is 1.83. The van der Waals surface area contributed by atoms with Crippen molar-refractivity contribution in [1.82, 2.24) is 5.32 Å². The Balaban J connectivity index is 2.21. The van der Waals surface area contributed by atoms with Gasteiger partial charge in [-0.25, -0.2) is 8.78 Å². The Morgan fingerprint density at radius 3 is 2.62 bits per heavy atom. The number of rotatable bonds is 4. The molecule has 0 atom stereocenters. The molecule has 5 heteroatoms. The molecule has 90 valence electrons. The number of nitriles is 1. The molecule has 0 aliphatic heterocycles. The van der Waals surface area contributed by atoms with Gasteiger partial charge in [0, 0.05) is 31.7 Å². The number of nitrogens with zero attached hydrogens (tertiary/aromatic N) is 1. The molecule has 0 spiro atoms. The van der Waals surface area contributed by atoms with E-state index in [1.165, 1.54) is 0 Å². The minimum absolute atomic E-state index is 0.145. The second-order valence-corrected chi connectivity index (χ2v) is 4.18. The van der Waals surface area contributed by atoms with Crippen LogP contribution in [-0.2, 0) is 4.79 Å². The zero-order valence-electron chi connectivity index (χ0n) is 9.14. The quantitative estimate of drug-likeness (QED) is 0.753. The number of amides is 1. The van der Waals surface area contributed by atoms with Crippen LogP contribution >= 0.6 is 0 Å². The van der Waals surface area contributed by atoms with Crippen LogP contribution in [0.15, 0.2) is 0 Å². The topological polar surface area (TPSA) is 52.9 Å². The Hall–Kier alpha value is -1.18. The highest BCUT2D eigenvalue weighted by Gasteiger charge is 2.37. The summed E-state index contributed by atoms with van der Waals surface area (Å²) in [5.74, 6) is -3.01. The second-order valence-electron chi connectivity index (χ2n) is 4.18. The van der Waals surface area contributed by atoms with E-state index in [9.17, 15) is 13.6 Å². The monoisotopic (exact) mass is 230 g/mol. The number of hydrogen-bond donors (Lipinski definition) is 1. The van der Waals surface area contributed by atoms with E-state index in [0.29, 0.717) is 19.4 Å². The average molecular weight is 230 g/mol. The predicted octanol–water partition coefficient (Wildman–Crippen LogP) is 2.23. The number of alkyl halides is 2. The second kappa shape index (κ2) is 5.78. The molecule has 1 fully saturated rings. The highest BCUT2D eigenvalue weighted by molar-refractivity contribution is 5.78. The van der Waals surface area contributed by atoms with Crippen molar-refractivity contribution in [3.05, 3.63) is 0 Å². The number of nitrogens with one attached hydrogen (secondary N) is 1. The lowest BCUT2D eigenvalue weighted by Crippen LogP contribution is -2.36. The molecule has 1 rings (SSSR count). The van der Waals surface area contributed by atoms with Gasteiger partial charge in [0.1, 0.15) is 0 Å². The molecule has 0 aromatic heterocycles. The SMILES string of the molecule is N#CCCCNC(=O)C1CCC(F)(F)CC1. The third-order valence-corrected chi connectivity index (χ3v) is 2.85. The normalized spacial score (nSPS) is 20.1. The Morgan fingerprint density at radius 1 is 1.44 bits per heavy atom. The smallest absolute Gasteiger partial charge is 0.248 e. The van der Waals surface area contributed by atoms with Crippen molar-refractivity contribution >= 4 is 5.91 Å². The van der Waals surface area contributed by atoms with Gasteiger partial charge in [-0.2, -0.15) is 5.26 Å². The van der Waals surface area contributed by atoms with Crippen LogP contribution in [0.25, 0.3) is 0 Å². The molecule has 0 radical (unpaired) electrons. The van der Waals surface area contributed by atoms with Crippen LogP contribution in [0.5, 0.6) is 0 Å². The van der Waals surface area contributed by atoms with Crippen LogP contribution in [0.2, 0.25) is 0 Å². The van der Waals surface area contributed by atoms with Gasteiger partial charge in [0.2, 0.25) is 11.8 Å². The summed E-state index contributed by atoms with van der Waals surface area (Å²) in [5, 5.41) is 11.0. The highest BCUT2D eigenvalue weighted by Crippen LogP contribution is 2.36. The van der Waals surface area contributed by atoms with Gasteiger partial charge in [-0.05, 0) is 19.3 Å². The highest BCUT2D eigenvalue weighted by atomic mass is 19.3. The molecule has 1 aliphatic carbocycles. The van der Waals surface area contributed by atoms with Crippen molar-refractivity contribution < 1.29 is 13.6 Å². The van der Waals surface area contributed by atoms with Crippen molar-refractivity contribution in [1.29, 1.82) is 5.26 Å². The summed E-state index contributed by atoms with van der Waals surface area (Å²) in [6, 6.07) is 1.98. The van der Waals surface area contributed by atoms with Crippen LogP contribution in [0.3, 0.4) is 0 Å². The van der Waals surface area contributed by atoms with Crippen molar-refractivity contribution in [3.8, 4) is 6.07 Å². The van der Waals surface area contributed by atoms with Gasteiger partial charge in [-0.1, -0.05) is 0 Å². The molecule has 1 amide bonds. The third kappa shape index (κ3) is 4.13. The van der Waals surface area contributed by atoms with Crippen molar-refractivity contribution in [2.75, 3.05) is 6.54 Å². The number of unbranched alkanes of at least 4 members (excludes halogenated alkanes) is 1. The Kier molecular flexibility index (Phi) is 4.66. The largest absolute Gasteiger partial charge is 0.356 e. The lowest BCUT2D eigenvalue weighted by molar-refractivity contribution is -0.129. The van der Waals surface area contributed by atoms with E-state index >= 15 is 0 Å². The molecule has 16 heavy (non-hydrogen) atoms. The van der Waals surface area contributed by atoms with Crippen LogP contribution < -0.4 is 5.32 Å². The molecule has 1 saturated carbocycles. The van der Waals surface area contributed by atoms with Crippen LogP contribution in [0, 0.1) is 17.2 Å². The number of carbonyl (C=O) groups excluding carboxylic acids is 1. The number of hydrogen-bond acceptors (Lipinski definition) is 2. The number of carbonyl (C=O) groups is 1. The minimum Gasteiger partial charge on any atom is -0.356 e. The molecule has 0 heterocycles. The van der Waals surface area contributed by atoms with Gasteiger partial charge in [-0.15, -0.1) is 0 Å². The van der Waals surface area contributed by atoms with Crippen molar-refractivity contribution in [2.45, 2.75) is 44.4 Å². The van der Waals surface area contributed by atoms with E-state index in [-0.39, 0.29) is 37.5 Å². The molecule has 0 aromatic carbocycles. The lowest BCUT2D eigenvalue weighted by Gasteiger charge is -2.27. The third-order valence-electron chi connectivity index (χ3n) is 2.85. The van der Waals surface area contributed by atoms with Crippen molar-refractivity contribution in [3.63, 3.8) is 0 Å². The molecule has 0 saturated heterocycles.